The lowest BCUT2D eigenvalue weighted by molar-refractivity contribution is -0.139. The Morgan fingerprint density at radius 3 is 2.59 bits per heavy atom. The molecular formula is C11H16N2O3S. The molecule has 0 atom stereocenters. The number of carboxylic acid groups (broad SMARTS) is 1. The zero-order chi connectivity index (χ0) is 12.8. The number of likely N-dealkylation sites (N-methyl/N-ethyl adjacent to an activating group) is 2. The van der Waals surface area contributed by atoms with Crippen LogP contribution in [-0.4, -0.2) is 54.0 Å². The van der Waals surface area contributed by atoms with E-state index in [0.717, 1.165) is 5.56 Å². The summed E-state index contributed by atoms with van der Waals surface area (Å²) in [4.78, 5) is 25.3. The van der Waals surface area contributed by atoms with E-state index in [1.165, 1.54) is 4.90 Å². The van der Waals surface area contributed by atoms with Crippen LogP contribution in [0.5, 0.6) is 0 Å². The van der Waals surface area contributed by atoms with Crippen molar-refractivity contribution in [2.75, 3.05) is 27.2 Å². The van der Waals surface area contributed by atoms with Crippen molar-refractivity contribution in [3.05, 3.63) is 22.4 Å². The number of carbonyl (C=O) groups excluding carboxylic acids is 1. The van der Waals surface area contributed by atoms with Crippen molar-refractivity contribution in [1.29, 1.82) is 0 Å². The van der Waals surface area contributed by atoms with Gasteiger partial charge in [-0.3, -0.25) is 14.5 Å². The predicted octanol–water partition coefficient (Wildman–Crippen LogP) is 0.723. The van der Waals surface area contributed by atoms with Crippen LogP contribution < -0.4 is 0 Å². The minimum atomic E-state index is -0.930. The first-order valence-electron chi connectivity index (χ1n) is 5.14. The summed E-state index contributed by atoms with van der Waals surface area (Å²) >= 11 is 1.59. The molecule has 0 saturated heterocycles. The number of hydrogen-bond donors (Lipinski definition) is 1. The summed E-state index contributed by atoms with van der Waals surface area (Å²) in [6.07, 6.45) is 0. The molecule has 1 aromatic rings. The van der Waals surface area contributed by atoms with E-state index in [2.05, 4.69) is 0 Å². The lowest BCUT2D eigenvalue weighted by atomic mass is 10.3. The quantitative estimate of drug-likeness (QED) is 0.815. The minimum Gasteiger partial charge on any atom is -0.480 e. The van der Waals surface area contributed by atoms with Crippen LogP contribution in [0.25, 0.3) is 0 Å². The highest BCUT2D eigenvalue weighted by atomic mass is 32.1. The smallest absolute Gasteiger partial charge is 0.317 e. The van der Waals surface area contributed by atoms with Crippen LogP contribution in [-0.2, 0) is 16.1 Å². The van der Waals surface area contributed by atoms with Gasteiger partial charge in [-0.15, -0.1) is 0 Å². The van der Waals surface area contributed by atoms with Crippen LogP contribution in [0.1, 0.15) is 5.56 Å². The summed E-state index contributed by atoms with van der Waals surface area (Å²) < 4.78 is 0. The average Bonchev–Trinajstić information content (AvgIpc) is 2.68. The SMILES string of the molecule is CN(CC(=O)O)CC(=O)N(C)Cc1ccsc1. The average molecular weight is 256 g/mol. The molecule has 1 aromatic heterocycles. The summed E-state index contributed by atoms with van der Waals surface area (Å²) in [7, 11) is 3.33. The minimum absolute atomic E-state index is 0.0834. The number of rotatable bonds is 6. The Labute approximate surface area is 104 Å². The highest BCUT2D eigenvalue weighted by Crippen LogP contribution is 2.08. The standard InChI is InChI=1S/C11H16N2O3S/c1-12(7-11(15)16)6-10(14)13(2)5-9-3-4-17-8-9/h3-4,8H,5-7H2,1-2H3,(H,15,16). The molecule has 0 aliphatic rings. The molecule has 0 radical (unpaired) electrons. The van der Waals surface area contributed by atoms with Gasteiger partial charge in [-0.25, -0.2) is 0 Å². The Morgan fingerprint density at radius 2 is 2.06 bits per heavy atom. The number of carbonyl (C=O) groups is 2. The molecule has 0 saturated carbocycles. The van der Waals surface area contributed by atoms with E-state index >= 15 is 0 Å². The van der Waals surface area contributed by atoms with Crippen LogP contribution >= 0.6 is 11.3 Å². The second-order valence-electron chi connectivity index (χ2n) is 3.95. The van der Waals surface area contributed by atoms with E-state index < -0.39 is 5.97 Å². The Hall–Kier alpha value is -1.40. The molecule has 1 rings (SSSR count). The second kappa shape index (κ2) is 6.36. The number of nitrogens with zero attached hydrogens (tertiary/aromatic N) is 2. The zero-order valence-electron chi connectivity index (χ0n) is 9.92. The summed E-state index contributed by atoms with van der Waals surface area (Å²) in [6, 6.07) is 1.97. The van der Waals surface area contributed by atoms with Crippen molar-refractivity contribution in [3.63, 3.8) is 0 Å². The Kier molecular flexibility index (Phi) is 5.11. The van der Waals surface area contributed by atoms with Crippen molar-refractivity contribution in [1.82, 2.24) is 9.80 Å². The fourth-order valence-corrected chi connectivity index (χ4v) is 2.04. The molecule has 0 bridgehead atoms. The van der Waals surface area contributed by atoms with Crippen LogP contribution in [0.3, 0.4) is 0 Å². The van der Waals surface area contributed by atoms with Crippen molar-refractivity contribution in [2.24, 2.45) is 0 Å². The molecule has 1 amide bonds. The molecule has 17 heavy (non-hydrogen) atoms. The highest BCUT2D eigenvalue weighted by Gasteiger charge is 2.13. The van der Waals surface area contributed by atoms with Gasteiger partial charge >= 0.3 is 5.97 Å². The number of aliphatic carboxylic acids is 1. The summed E-state index contributed by atoms with van der Waals surface area (Å²) in [5.74, 6) is -1.01. The molecule has 94 valence electrons. The highest BCUT2D eigenvalue weighted by molar-refractivity contribution is 7.07. The first-order chi connectivity index (χ1) is 7.99. The Morgan fingerprint density at radius 1 is 1.35 bits per heavy atom. The summed E-state index contributed by atoms with van der Waals surface area (Å²) in [6.45, 7) is 0.550. The van der Waals surface area contributed by atoms with Gasteiger partial charge in [0, 0.05) is 13.6 Å². The van der Waals surface area contributed by atoms with Crippen molar-refractivity contribution in [3.8, 4) is 0 Å². The lowest BCUT2D eigenvalue weighted by Crippen LogP contribution is -2.38. The topological polar surface area (TPSA) is 60.9 Å². The van der Waals surface area contributed by atoms with Crippen LogP contribution in [0.15, 0.2) is 16.8 Å². The van der Waals surface area contributed by atoms with Crippen LogP contribution in [0.2, 0.25) is 0 Å². The molecule has 1 N–H and O–H groups in total. The first-order valence-corrected chi connectivity index (χ1v) is 6.08. The van der Waals surface area contributed by atoms with Gasteiger partial charge in [-0.05, 0) is 29.4 Å². The van der Waals surface area contributed by atoms with Gasteiger partial charge in [0.25, 0.3) is 0 Å². The van der Waals surface area contributed by atoms with Crippen molar-refractivity contribution >= 4 is 23.2 Å². The second-order valence-corrected chi connectivity index (χ2v) is 4.73. The van der Waals surface area contributed by atoms with E-state index in [-0.39, 0.29) is 19.0 Å². The van der Waals surface area contributed by atoms with Gasteiger partial charge in [-0.2, -0.15) is 11.3 Å². The summed E-state index contributed by atoms with van der Waals surface area (Å²) in [5.41, 5.74) is 1.09. The molecule has 6 heteroatoms. The fraction of sp³-hybridized carbons (Fsp3) is 0.455. The van der Waals surface area contributed by atoms with Gasteiger partial charge in [0.2, 0.25) is 5.91 Å². The maximum Gasteiger partial charge on any atom is 0.317 e. The molecule has 0 aliphatic heterocycles. The molecule has 0 aromatic carbocycles. The fourth-order valence-electron chi connectivity index (χ4n) is 1.38. The van der Waals surface area contributed by atoms with Gasteiger partial charge in [0.1, 0.15) is 0 Å². The number of hydrogen-bond acceptors (Lipinski definition) is 4. The van der Waals surface area contributed by atoms with Crippen LogP contribution in [0.4, 0.5) is 0 Å². The lowest BCUT2D eigenvalue weighted by Gasteiger charge is -2.20. The summed E-state index contributed by atoms with van der Waals surface area (Å²) in [5, 5.41) is 12.5. The molecule has 0 spiro atoms. The maximum atomic E-state index is 11.8. The molecule has 1 heterocycles. The number of carboxylic acids is 1. The molecule has 0 fully saturated rings. The number of thiophene rings is 1. The van der Waals surface area contributed by atoms with Gasteiger partial charge in [-0.1, -0.05) is 0 Å². The largest absolute Gasteiger partial charge is 0.480 e. The van der Waals surface area contributed by atoms with Gasteiger partial charge < -0.3 is 10.0 Å². The van der Waals surface area contributed by atoms with Gasteiger partial charge in [0.15, 0.2) is 0 Å². The third kappa shape index (κ3) is 4.97. The third-order valence-electron chi connectivity index (χ3n) is 2.24. The molecule has 0 aliphatic carbocycles. The van der Waals surface area contributed by atoms with Crippen LogP contribution in [0, 0.1) is 0 Å². The molecule has 5 nitrogen and oxygen atoms in total. The zero-order valence-corrected chi connectivity index (χ0v) is 10.7. The Balaban J connectivity index is 2.39. The normalized spacial score (nSPS) is 10.5. The molecule has 0 unspecified atom stereocenters. The van der Waals surface area contributed by atoms with E-state index in [4.69, 9.17) is 5.11 Å². The number of amides is 1. The first kappa shape index (κ1) is 13.7. The Bertz CT molecular complexity index is 378. The van der Waals surface area contributed by atoms with E-state index in [1.807, 2.05) is 16.8 Å². The van der Waals surface area contributed by atoms with E-state index in [1.54, 1.807) is 30.3 Å². The predicted molar refractivity (Wildman–Crippen MR) is 65.9 cm³/mol. The van der Waals surface area contributed by atoms with E-state index in [9.17, 15) is 9.59 Å². The molecular weight excluding hydrogens is 240 g/mol. The van der Waals surface area contributed by atoms with E-state index in [0.29, 0.717) is 6.54 Å². The third-order valence-corrected chi connectivity index (χ3v) is 2.97. The monoisotopic (exact) mass is 256 g/mol. The van der Waals surface area contributed by atoms with Crippen molar-refractivity contribution < 1.29 is 14.7 Å². The van der Waals surface area contributed by atoms with Crippen molar-refractivity contribution in [2.45, 2.75) is 6.54 Å². The maximum absolute atomic E-state index is 11.8. The van der Waals surface area contributed by atoms with Gasteiger partial charge in [0.05, 0.1) is 13.1 Å².